The lowest BCUT2D eigenvalue weighted by Crippen LogP contribution is -2.34. The number of thiocarbonyl (C=S) groups is 1. The van der Waals surface area contributed by atoms with E-state index in [-0.39, 0.29) is 16.9 Å². The van der Waals surface area contributed by atoms with Gasteiger partial charge in [-0.05, 0) is 76.5 Å². The summed E-state index contributed by atoms with van der Waals surface area (Å²) in [5, 5.41) is 5.74. The fourth-order valence-corrected chi connectivity index (χ4v) is 3.01. The van der Waals surface area contributed by atoms with E-state index in [0.29, 0.717) is 39.6 Å². The number of ether oxygens (including phenoxy) is 1. The smallest absolute Gasteiger partial charge is 0.257 e. The molecule has 8 heteroatoms. The number of amides is 2. The molecular formula is C21H24BrN3O3S. The minimum Gasteiger partial charge on any atom is -0.492 e. The van der Waals surface area contributed by atoms with Crippen molar-refractivity contribution in [2.45, 2.75) is 13.8 Å². The van der Waals surface area contributed by atoms with E-state index in [1.165, 1.54) is 4.90 Å². The number of carbonyl (C=O) groups is 2. The van der Waals surface area contributed by atoms with Crippen molar-refractivity contribution >= 4 is 50.8 Å². The zero-order chi connectivity index (χ0) is 21.6. The molecule has 0 fully saturated rings. The maximum absolute atomic E-state index is 12.4. The molecule has 0 aliphatic heterocycles. The quantitative estimate of drug-likeness (QED) is 0.606. The van der Waals surface area contributed by atoms with Crippen molar-refractivity contribution < 1.29 is 14.3 Å². The van der Waals surface area contributed by atoms with Gasteiger partial charge >= 0.3 is 0 Å². The SMILES string of the molecule is CC(C)COc1ccc(C(=O)NC(=S)Nc2ccc(C(=O)N(C)C)cc2)cc1Br. The Balaban J connectivity index is 1.96. The van der Waals surface area contributed by atoms with Crippen LogP contribution in [0.25, 0.3) is 0 Å². The van der Waals surface area contributed by atoms with Crippen LogP contribution in [0.1, 0.15) is 34.6 Å². The maximum Gasteiger partial charge on any atom is 0.257 e. The summed E-state index contributed by atoms with van der Waals surface area (Å²) >= 11 is 8.64. The Labute approximate surface area is 184 Å². The third-order valence-corrected chi connectivity index (χ3v) is 4.61. The Morgan fingerprint density at radius 3 is 2.28 bits per heavy atom. The van der Waals surface area contributed by atoms with Crippen molar-refractivity contribution in [3.63, 3.8) is 0 Å². The van der Waals surface area contributed by atoms with Crippen LogP contribution in [0.2, 0.25) is 0 Å². The van der Waals surface area contributed by atoms with Crippen LogP contribution in [0.3, 0.4) is 0 Å². The van der Waals surface area contributed by atoms with Gasteiger partial charge in [-0.25, -0.2) is 0 Å². The number of carbonyl (C=O) groups excluding carboxylic acids is 2. The fourth-order valence-electron chi connectivity index (χ4n) is 2.31. The second-order valence-electron chi connectivity index (χ2n) is 7.04. The summed E-state index contributed by atoms with van der Waals surface area (Å²) in [6.07, 6.45) is 0. The van der Waals surface area contributed by atoms with Crippen LogP contribution in [0.5, 0.6) is 5.75 Å². The number of nitrogens with zero attached hydrogens (tertiary/aromatic N) is 1. The number of hydrogen-bond acceptors (Lipinski definition) is 4. The molecule has 0 aliphatic rings. The van der Waals surface area contributed by atoms with Crippen LogP contribution in [0.15, 0.2) is 46.9 Å². The largest absolute Gasteiger partial charge is 0.492 e. The predicted octanol–water partition coefficient (Wildman–Crippen LogP) is 4.31. The zero-order valence-corrected chi connectivity index (χ0v) is 19.2. The Kier molecular flexibility index (Phi) is 8.16. The second-order valence-corrected chi connectivity index (χ2v) is 8.30. The minimum absolute atomic E-state index is 0.0844. The normalized spacial score (nSPS) is 10.4. The molecule has 0 unspecified atom stereocenters. The van der Waals surface area contributed by atoms with E-state index >= 15 is 0 Å². The second kappa shape index (κ2) is 10.4. The highest BCUT2D eigenvalue weighted by atomic mass is 79.9. The van der Waals surface area contributed by atoms with Gasteiger partial charge in [-0.2, -0.15) is 0 Å². The average molecular weight is 478 g/mol. The van der Waals surface area contributed by atoms with E-state index in [1.54, 1.807) is 56.6 Å². The molecule has 0 saturated heterocycles. The standard InChI is InChI=1S/C21H24BrN3O3S/c1-13(2)12-28-18-10-7-15(11-17(18)22)19(26)24-21(29)23-16-8-5-14(6-9-16)20(27)25(3)4/h5-11,13H,12H2,1-4H3,(H2,23,24,26,29). The molecule has 2 amide bonds. The maximum atomic E-state index is 12.4. The average Bonchev–Trinajstić information content (AvgIpc) is 2.66. The van der Waals surface area contributed by atoms with Gasteiger partial charge in [0, 0.05) is 30.9 Å². The molecule has 2 aromatic carbocycles. The van der Waals surface area contributed by atoms with Crippen molar-refractivity contribution in [3.8, 4) is 5.75 Å². The molecule has 0 spiro atoms. The van der Waals surface area contributed by atoms with Crippen LogP contribution >= 0.6 is 28.1 Å². The van der Waals surface area contributed by atoms with E-state index in [1.807, 2.05) is 0 Å². The van der Waals surface area contributed by atoms with Crippen molar-refractivity contribution in [3.05, 3.63) is 58.1 Å². The number of benzene rings is 2. The summed E-state index contributed by atoms with van der Waals surface area (Å²) in [4.78, 5) is 25.9. The van der Waals surface area contributed by atoms with Gasteiger partial charge in [0.15, 0.2) is 5.11 Å². The van der Waals surface area contributed by atoms with Gasteiger partial charge in [0.25, 0.3) is 11.8 Å². The summed E-state index contributed by atoms with van der Waals surface area (Å²) in [5.41, 5.74) is 1.69. The molecule has 0 bridgehead atoms. The summed E-state index contributed by atoms with van der Waals surface area (Å²) in [7, 11) is 3.39. The molecule has 0 heterocycles. The summed E-state index contributed by atoms with van der Waals surface area (Å²) in [6, 6.07) is 12.0. The molecule has 2 rings (SSSR count). The first-order chi connectivity index (χ1) is 13.7. The number of anilines is 1. The highest BCUT2D eigenvalue weighted by Crippen LogP contribution is 2.26. The van der Waals surface area contributed by atoms with Gasteiger partial charge in [0.1, 0.15) is 5.75 Å². The van der Waals surface area contributed by atoms with Crippen LogP contribution in [0, 0.1) is 5.92 Å². The molecule has 154 valence electrons. The monoisotopic (exact) mass is 477 g/mol. The Hall–Kier alpha value is -2.45. The Morgan fingerprint density at radius 2 is 1.72 bits per heavy atom. The highest BCUT2D eigenvalue weighted by molar-refractivity contribution is 9.10. The lowest BCUT2D eigenvalue weighted by molar-refractivity contribution is 0.0827. The number of rotatable bonds is 6. The third-order valence-electron chi connectivity index (χ3n) is 3.79. The Morgan fingerprint density at radius 1 is 1.10 bits per heavy atom. The van der Waals surface area contributed by atoms with E-state index in [9.17, 15) is 9.59 Å². The highest BCUT2D eigenvalue weighted by Gasteiger charge is 2.12. The van der Waals surface area contributed by atoms with Gasteiger partial charge in [-0.1, -0.05) is 13.8 Å². The molecule has 6 nitrogen and oxygen atoms in total. The minimum atomic E-state index is -0.335. The van der Waals surface area contributed by atoms with Crippen molar-refractivity contribution in [2.75, 3.05) is 26.0 Å². The fraction of sp³-hybridized carbons (Fsp3) is 0.286. The van der Waals surface area contributed by atoms with Gasteiger partial charge in [-0.15, -0.1) is 0 Å². The molecule has 2 aromatic rings. The lowest BCUT2D eigenvalue weighted by Gasteiger charge is -2.13. The van der Waals surface area contributed by atoms with Crippen LogP contribution in [0.4, 0.5) is 5.69 Å². The summed E-state index contributed by atoms with van der Waals surface area (Å²) < 4.78 is 6.39. The molecule has 0 aliphatic carbocycles. The molecule has 0 atom stereocenters. The zero-order valence-electron chi connectivity index (χ0n) is 16.8. The van der Waals surface area contributed by atoms with E-state index < -0.39 is 0 Å². The van der Waals surface area contributed by atoms with Crippen LogP contribution in [-0.4, -0.2) is 42.5 Å². The Bertz CT molecular complexity index is 899. The molecule has 0 aromatic heterocycles. The van der Waals surface area contributed by atoms with Crippen LogP contribution < -0.4 is 15.4 Å². The number of nitrogens with one attached hydrogen (secondary N) is 2. The van der Waals surface area contributed by atoms with Crippen molar-refractivity contribution in [2.24, 2.45) is 5.92 Å². The lowest BCUT2D eigenvalue weighted by atomic mass is 10.2. The van der Waals surface area contributed by atoms with Crippen molar-refractivity contribution in [1.82, 2.24) is 10.2 Å². The molecule has 2 N–H and O–H groups in total. The molecule has 29 heavy (non-hydrogen) atoms. The number of hydrogen-bond donors (Lipinski definition) is 2. The first kappa shape index (κ1) is 22.8. The van der Waals surface area contributed by atoms with E-state index in [2.05, 4.69) is 40.4 Å². The van der Waals surface area contributed by atoms with Gasteiger partial charge in [0.05, 0.1) is 11.1 Å². The van der Waals surface area contributed by atoms with Gasteiger partial charge in [-0.3, -0.25) is 14.9 Å². The molecule has 0 saturated carbocycles. The molecule has 0 radical (unpaired) electrons. The summed E-state index contributed by atoms with van der Waals surface area (Å²) in [5.74, 6) is 0.670. The third kappa shape index (κ3) is 6.83. The number of halogens is 1. The van der Waals surface area contributed by atoms with E-state index in [4.69, 9.17) is 17.0 Å². The van der Waals surface area contributed by atoms with Gasteiger partial charge in [0.2, 0.25) is 0 Å². The molecular weight excluding hydrogens is 454 g/mol. The first-order valence-corrected chi connectivity index (χ1v) is 10.2. The van der Waals surface area contributed by atoms with Crippen molar-refractivity contribution in [1.29, 1.82) is 0 Å². The van der Waals surface area contributed by atoms with Crippen LogP contribution in [-0.2, 0) is 0 Å². The van der Waals surface area contributed by atoms with Gasteiger partial charge < -0.3 is 15.0 Å². The summed E-state index contributed by atoms with van der Waals surface area (Å²) in [6.45, 7) is 4.73. The predicted molar refractivity (Wildman–Crippen MR) is 123 cm³/mol. The first-order valence-electron chi connectivity index (χ1n) is 9.03. The topological polar surface area (TPSA) is 70.7 Å². The van der Waals surface area contributed by atoms with E-state index in [0.717, 1.165) is 0 Å².